The van der Waals surface area contributed by atoms with Crippen LogP contribution in [0.15, 0.2) is 82.8 Å². The molecule has 0 saturated heterocycles. The van der Waals surface area contributed by atoms with Gasteiger partial charge in [-0.3, -0.25) is 0 Å². The van der Waals surface area contributed by atoms with E-state index in [1.165, 1.54) is 0 Å². The number of benzene rings is 3. The van der Waals surface area contributed by atoms with E-state index in [1.54, 1.807) is 12.4 Å². The number of rotatable bonds is 4. The van der Waals surface area contributed by atoms with E-state index in [2.05, 4.69) is 22.1 Å². The first-order chi connectivity index (χ1) is 10.9. The molecule has 0 radical (unpaired) electrons. The zero-order valence-corrected chi connectivity index (χ0v) is 13.8. The summed E-state index contributed by atoms with van der Waals surface area (Å²) in [6, 6.07) is 29.5. The second-order valence-corrected chi connectivity index (χ2v) is 4.64. The van der Waals surface area contributed by atoms with E-state index in [-0.39, 0.29) is 20.4 Å². The van der Waals surface area contributed by atoms with E-state index in [0.29, 0.717) is 0 Å². The number of para-hydroxylation sites is 2. The summed E-state index contributed by atoms with van der Waals surface area (Å²) < 4.78 is 0. The van der Waals surface area contributed by atoms with Crippen LogP contribution in [-0.4, -0.2) is 12.4 Å². The van der Waals surface area contributed by atoms with Crippen molar-refractivity contribution < 1.29 is 20.4 Å². The molecule has 0 aliphatic rings. The minimum atomic E-state index is 0. The summed E-state index contributed by atoms with van der Waals surface area (Å²) in [7, 11) is 0. The topological polar surface area (TPSA) is 24.7 Å². The fraction of sp³-hybridized carbons (Fsp3) is 0. The average Bonchev–Trinajstić information content (AvgIpc) is 2.61. The molecule has 0 amide bonds. The first-order valence-corrected chi connectivity index (χ1v) is 7.02. The van der Waals surface area contributed by atoms with Gasteiger partial charge < -0.3 is 9.98 Å². The Morgan fingerprint density at radius 2 is 1.04 bits per heavy atom. The predicted molar refractivity (Wildman–Crippen MR) is 91.5 cm³/mol. The van der Waals surface area contributed by atoms with Crippen LogP contribution < -0.4 is 0 Å². The van der Waals surface area contributed by atoms with E-state index in [9.17, 15) is 0 Å². The normalized spacial score (nSPS) is 10.8. The van der Waals surface area contributed by atoms with Crippen molar-refractivity contribution in [2.45, 2.75) is 0 Å². The minimum absolute atomic E-state index is 0. The first-order valence-electron chi connectivity index (χ1n) is 7.02. The number of hydrogen-bond donors (Lipinski definition) is 0. The van der Waals surface area contributed by atoms with Gasteiger partial charge in [0.05, 0.1) is 11.4 Å². The monoisotopic (exact) mass is 388 g/mol. The first kappa shape index (κ1) is 17.0. The van der Waals surface area contributed by atoms with Crippen LogP contribution in [0, 0.1) is 12.1 Å². The van der Waals surface area contributed by atoms with Crippen LogP contribution >= 0.6 is 0 Å². The van der Waals surface area contributed by atoms with E-state index < -0.39 is 0 Å². The molecule has 3 rings (SSSR count). The van der Waals surface area contributed by atoms with Gasteiger partial charge in [-0.05, 0) is 24.6 Å². The van der Waals surface area contributed by atoms with E-state index in [4.69, 9.17) is 0 Å². The molecule has 0 unspecified atom stereocenters. The van der Waals surface area contributed by atoms with Crippen LogP contribution in [0.3, 0.4) is 0 Å². The standard InChI is InChI=1S/C20H14N2.Pd/c1-3-9-17(10-4-1)15-21-19-13-7-8-14-20(19)22-16-18-11-5-2-6-12-18;/h1-9,11,13-16H;/q-2;+2. The zero-order valence-electron chi connectivity index (χ0n) is 12.3. The smallest absolute Gasteiger partial charge is 0.302 e. The Labute approximate surface area is 150 Å². The van der Waals surface area contributed by atoms with Crippen molar-refractivity contribution in [3.8, 4) is 0 Å². The van der Waals surface area contributed by atoms with Crippen LogP contribution in [-0.2, 0) is 20.4 Å². The molecule has 0 fully saturated rings. The third-order valence-corrected chi connectivity index (χ3v) is 3.03. The van der Waals surface area contributed by atoms with Crippen molar-refractivity contribution in [3.63, 3.8) is 0 Å². The summed E-state index contributed by atoms with van der Waals surface area (Å²) in [5.41, 5.74) is 3.54. The van der Waals surface area contributed by atoms with Crippen LogP contribution in [0.25, 0.3) is 0 Å². The maximum atomic E-state index is 4.51. The molecule has 114 valence electrons. The van der Waals surface area contributed by atoms with Crippen molar-refractivity contribution in [1.29, 1.82) is 0 Å². The molecular formula is C20H14N2Pd. The van der Waals surface area contributed by atoms with Crippen molar-refractivity contribution in [1.82, 2.24) is 0 Å². The molecule has 0 atom stereocenters. The molecule has 0 aromatic heterocycles. The molecule has 0 saturated carbocycles. The van der Waals surface area contributed by atoms with Crippen LogP contribution in [0.1, 0.15) is 11.1 Å². The Balaban J connectivity index is 0.00000192. The number of aliphatic imine (C=N–C) groups is 2. The van der Waals surface area contributed by atoms with Crippen LogP contribution in [0.2, 0.25) is 0 Å². The Morgan fingerprint density at radius 1 is 0.609 bits per heavy atom. The van der Waals surface area contributed by atoms with Gasteiger partial charge in [-0.2, -0.15) is 0 Å². The number of nitrogens with zero attached hydrogens (tertiary/aromatic N) is 2. The average molecular weight is 389 g/mol. The summed E-state index contributed by atoms with van der Waals surface area (Å²) >= 11 is 0. The van der Waals surface area contributed by atoms with Gasteiger partial charge in [-0.15, -0.1) is 71.8 Å². The van der Waals surface area contributed by atoms with Gasteiger partial charge in [0, 0.05) is 0 Å². The Kier molecular flexibility index (Phi) is 6.62. The van der Waals surface area contributed by atoms with Gasteiger partial charge in [0.15, 0.2) is 0 Å². The van der Waals surface area contributed by atoms with Crippen LogP contribution in [0.4, 0.5) is 11.4 Å². The van der Waals surface area contributed by atoms with E-state index in [1.807, 2.05) is 72.8 Å². The second kappa shape index (κ2) is 8.95. The molecule has 0 aliphatic carbocycles. The van der Waals surface area contributed by atoms with Gasteiger partial charge in [0.1, 0.15) is 0 Å². The Bertz CT molecular complexity index is 713. The fourth-order valence-corrected chi connectivity index (χ4v) is 1.94. The van der Waals surface area contributed by atoms with Crippen molar-refractivity contribution in [2.24, 2.45) is 9.98 Å². The van der Waals surface area contributed by atoms with Gasteiger partial charge >= 0.3 is 20.4 Å². The molecule has 2 nitrogen and oxygen atoms in total. The molecular weight excluding hydrogens is 375 g/mol. The Hall–Kier alpha value is -2.34. The molecule has 0 N–H and O–H groups in total. The molecule has 0 spiro atoms. The summed E-state index contributed by atoms with van der Waals surface area (Å²) in [6.45, 7) is 0. The van der Waals surface area contributed by atoms with Gasteiger partial charge in [0.25, 0.3) is 0 Å². The van der Waals surface area contributed by atoms with E-state index >= 15 is 0 Å². The van der Waals surface area contributed by atoms with Gasteiger partial charge in [0.2, 0.25) is 0 Å². The predicted octanol–water partition coefficient (Wildman–Crippen LogP) is 4.79. The molecule has 0 aliphatic heterocycles. The van der Waals surface area contributed by atoms with Crippen molar-refractivity contribution >= 4 is 23.8 Å². The summed E-state index contributed by atoms with van der Waals surface area (Å²) in [5, 5.41) is 0. The molecule has 0 heterocycles. The largest absolute Gasteiger partial charge is 2.00 e. The van der Waals surface area contributed by atoms with Gasteiger partial charge in [-0.25, -0.2) is 0 Å². The third kappa shape index (κ3) is 5.11. The molecule has 0 bridgehead atoms. The summed E-state index contributed by atoms with van der Waals surface area (Å²) in [6.07, 6.45) is 3.59. The van der Waals surface area contributed by atoms with Crippen molar-refractivity contribution in [2.75, 3.05) is 0 Å². The maximum Gasteiger partial charge on any atom is 2.00 e. The SMILES string of the molecule is [Pd+2].[c-]1ccccc1C=Nc1ccccc1N=Cc1[c-]cccc1. The third-order valence-electron chi connectivity index (χ3n) is 3.03. The molecule has 3 aromatic rings. The summed E-state index contributed by atoms with van der Waals surface area (Å²) in [4.78, 5) is 9.02. The minimum Gasteiger partial charge on any atom is -0.302 e. The maximum absolute atomic E-state index is 4.51. The molecule has 23 heavy (non-hydrogen) atoms. The number of hydrogen-bond acceptors (Lipinski definition) is 2. The van der Waals surface area contributed by atoms with Crippen LogP contribution in [0.5, 0.6) is 0 Å². The summed E-state index contributed by atoms with van der Waals surface area (Å²) in [5.74, 6) is 0. The fourth-order valence-electron chi connectivity index (χ4n) is 1.94. The second-order valence-electron chi connectivity index (χ2n) is 4.64. The molecule has 3 aromatic carbocycles. The zero-order chi connectivity index (χ0) is 15.0. The van der Waals surface area contributed by atoms with Crippen molar-refractivity contribution in [3.05, 3.63) is 96.1 Å². The molecule has 3 heteroatoms. The quantitative estimate of drug-likeness (QED) is 0.349. The van der Waals surface area contributed by atoms with E-state index in [0.717, 1.165) is 22.5 Å². The van der Waals surface area contributed by atoms with Gasteiger partial charge in [-0.1, -0.05) is 12.1 Å². The Morgan fingerprint density at radius 3 is 1.43 bits per heavy atom.